The smallest absolute Gasteiger partial charge is 0.306 e. The zero-order valence-electron chi connectivity index (χ0n) is 18.1. The van der Waals surface area contributed by atoms with Crippen LogP contribution in [0.25, 0.3) is 6.08 Å². The molecular weight excluding hydrogens is 350 g/mol. The van der Waals surface area contributed by atoms with Crippen molar-refractivity contribution in [1.82, 2.24) is 4.90 Å². The second kappa shape index (κ2) is 14.0. The van der Waals surface area contributed by atoms with Crippen LogP contribution in [0.2, 0.25) is 0 Å². The monoisotopic (exact) mass is 387 g/mol. The van der Waals surface area contributed by atoms with Crippen molar-refractivity contribution in [1.29, 1.82) is 0 Å². The first kappa shape index (κ1) is 23.9. The molecule has 0 saturated heterocycles. The van der Waals surface area contributed by atoms with E-state index in [4.69, 9.17) is 4.74 Å². The lowest BCUT2D eigenvalue weighted by molar-refractivity contribution is -0.145. The number of carbonyl (C=O) groups excluding carboxylic acids is 2. The van der Waals surface area contributed by atoms with E-state index in [1.165, 1.54) is 18.4 Å². The Hall–Kier alpha value is -2.10. The molecule has 0 atom stereocenters. The molecule has 0 radical (unpaired) electrons. The highest BCUT2D eigenvalue weighted by Crippen LogP contribution is 2.17. The van der Waals surface area contributed by atoms with E-state index >= 15 is 0 Å². The Morgan fingerprint density at radius 3 is 2.36 bits per heavy atom. The Labute approximate surface area is 171 Å². The molecule has 1 aromatic carbocycles. The second-order valence-corrected chi connectivity index (χ2v) is 7.64. The molecule has 4 nitrogen and oxygen atoms in total. The fraction of sp³-hybridized carbons (Fsp3) is 0.583. The van der Waals surface area contributed by atoms with E-state index in [1.807, 2.05) is 23.1 Å². The zero-order chi connectivity index (χ0) is 20.8. The largest absolute Gasteiger partial charge is 0.466 e. The number of esters is 1. The van der Waals surface area contributed by atoms with Gasteiger partial charge in [-0.2, -0.15) is 0 Å². The SMILES string of the molecule is CCCCC/C(=C\c1ccccc1)CN(CC(C)C)C(=O)CCC(=O)OCC. The molecule has 0 spiro atoms. The third-order valence-corrected chi connectivity index (χ3v) is 4.45. The molecule has 0 aliphatic rings. The molecule has 0 heterocycles. The Bertz CT molecular complexity index is 608. The lowest BCUT2D eigenvalue weighted by Crippen LogP contribution is -2.36. The van der Waals surface area contributed by atoms with Crippen molar-refractivity contribution < 1.29 is 14.3 Å². The van der Waals surface area contributed by atoms with Gasteiger partial charge in [0.2, 0.25) is 5.91 Å². The van der Waals surface area contributed by atoms with Crippen LogP contribution in [0, 0.1) is 5.92 Å². The van der Waals surface area contributed by atoms with E-state index < -0.39 is 0 Å². The summed E-state index contributed by atoms with van der Waals surface area (Å²) < 4.78 is 4.96. The second-order valence-electron chi connectivity index (χ2n) is 7.64. The Kier molecular flexibility index (Phi) is 11.9. The van der Waals surface area contributed by atoms with Crippen molar-refractivity contribution in [3.05, 3.63) is 41.5 Å². The van der Waals surface area contributed by atoms with E-state index in [2.05, 4.69) is 39.0 Å². The van der Waals surface area contributed by atoms with Gasteiger partial charge in [-0.15, -0.1) is 0 Å². The van der Waals surface area contributed by atoms with Crippen LogP contribution in [0.1, 0.15) is 71.8 Å². The molecule has 0 saturated carbocycles. The van der Waals surface area contributed by atoms with Crippen LogP contribution in [-0.4, -0.2) is 36.5 Å². The minimum absolute atomic E-state index is 0.0243. The van der Waals surface area contributed by atoms with E-state index in [-0.39, 0.29) is 24.7 Å². The maximum atomic E-state index is 12.8. The molecule has 0 fully saturated rings. The predicted octanol–water partition coefficient (Wildman–Crippen LogP) is 5.48. The summed E-state index contributed by atoms with van der Waals surface area (Å²) in [6, 6.07) is 10.3. The number of unbranched alkanes of at least 4 members (excludes halogenated alkanes) is 2. The van der Waals surface area contributed by atoms with E-state index in [1.54, 1.807) is 6.92 Å². The Balaban J connectivity index is 2.87. The van der Waals surface area contributed by atoms with Gasteiger partial charge < -0.3 is 9.64 Å². The molecule has 1 aromatic rings. The standard InChI is InChI=1S/C24H37NO3/c1-5-7-9-14-22(17-21-12-10-8-11-13-21)19-25(18-20(3)4)23(26)15-16-24(27)28-6-2/h8,10-13,17,20H,5-7,9,14-16,18-19H2,1-4H3/b22-17+. The molecule has 156 valence electrons. The van der Waals surface area contributed by atoms with Gasteiger partial charge in [0.15, 0.2) is 0 Å². The minimum Gasteiger partial charge on any atom is -0.466 e. The third kappa shape index (κ3) is 10.3. The van der Waals surface area contributed by atoms with Crippen molar-refractivity contribution in [2.45, 2.75) is 66.2 Å². The van der Waals surface area contributed by atoms with Gasteiger partial charge in [0.05, 0.1) is 13.0 Å². The number of hydrogen-bond acceptors (Lipinski definition) is 3. The first-order valence-corrected chi connectivity index (χ1v) is 10.6. The summed E-state index contributed by atoms with van der Waals surface area (Å²) in [4.78, 5) is 26.3. The average Bonchev–Trinajstić information content (AvgIpc) is 2.66. The first-order chi connectivity index (χ1) is 13.5. The van der Waals surface area contributed by atoms with E-state index in [9.17, 15) is 9.59 Å². The highest BCUT2D eigenvalue weighted by atomic mass is 16.5. The van der Waals surface area contributed by atoms with Gasteiger partial charge in [-0.05, 0) is 31.2 Å². The quantitative estimate of drug-likeness (QED) is 0.333. The number of carbonyl (C=O) groups is 2. The number of amides is 1. The van der Waals surface area contributed by atoms with E-state index in [0.29, 0.717) is 25.6 Å². The summed E-state index contributed by atoms with van der Waals surface area (Å²) in [6.07, 6.45) is 7.04. The Morgan fingerprint density at radius 2 is 1.75 bits per heavy atom. The summed E-state index contributed by atoms with van der Waals surface area (Å²) in [6.45, 7) is 9.88. The molecule has 1 rings (SSSR count). The minimum atomic E-state index is -0.302. The average molecular weight is 388 g/mol. The van der Waals surface area contributed by atoms with Gasteiger partial charge in [0.1, 0.15) is 0 Å². The van der Waals surface area contributed by atoms with Gasteiger partial charge in [-0.3, -0.25) is 9.59 Å². The molecule has 0 unspecified atom stereocenters. The van der Waals surface area contributed by atoms with Gasteiger partial charge >= 0.3 is 5.97 Å². The molecule has 1 amide bonds. The Morgan fingerprint density at radius 1 is 1.04 bits per heavy atom. The van der Waals surface area contributed by atoms with E-state index in [0.717, 1.165) is 18.4 Å². The van der Waals surface area contributed by atoms with Crippen LogP contribution in [0.5, 0.6) is 0 Å². The lowest BCUT2D eigenvalue weighted by Gasteiger charge is -2.26. The van der Waals surface area contributed by atoms with Crippen LogP contribution in [-0.2, 0) is 14.3 Å². The summed E-state index contributed by atoms with van der Waals surface area (Å²) in [5, 5.41) is 0. The van der Waals surface area contributed by atoms with Gasteiger partial charge in [-0.25, -0.2) is 0 Å². The van der Waals surface area contributed by atoms with Gasteiger partial charge in [0.25, 0.3) is 0 Å². The molecule has 28 heavy (non-hydrogen) atoms. The van der Waals surface area contributed by atoms with Crippen LogP contribution >= 0.6 is 0 Å². The summed E-state index contributed by atoms with van der Waals surface area (Å²) in [5.74, 6) is 0.0970. The molecule has 0 aliphatic carbocycles. The van der Waals surface area contributed by atoms with Gasteiger partial charge in [-0.1, -0.05) is 75.6 Å². The van der Waals surface area contributed by atoms with Crippen LogP contribution in [0.4, 0.5) is 0 Å². The third-order valence-electron chi connectivity index (χ3n) is 4.45. The van der Waals surface area contributed by atoms with Crippen LogP contribution < -0.4 is 0 Å². The molecule has 0 aromatic heterocycles. The number of benzene rings is 1. The van der Waals surface area contributed by atoms with Crippen molar-refractivity contribution in [3.8, 4) is 0 Å². The highest BCUT2D eigenvalue weighted by Gasteiger charge is 2.18. The highest BCUT2D eigenvalue weighted by molar-refractivity contribution is 5.81. The van der Waals surface area contributed by atoms with Crippen molar-refractivity contribution >= 4 is 18.0 Å². The summed E-state index contributed by atoms with van der Waals surface area (Å²) >= 11 is 0. The predicted molar refractivity (Wildman–Crippen MR) is 116 cm³/mol. The number of nitrogens with zero attached hydrogens (tertiary/aromatic N) is 1. The topological polar surface area (TPSA) is 46.6 Å². The summed E-state index contributed by atoms with van der Waals surface area (Å²) in [7, 11) is 0. The maximum absolute atomic E-state index is 12.8. The molecule has 0 aliphatic heterocycles. The molecular formula is C24H37NO3. The van der Waals surface area contributed by atoms with Gasteiger partial charge in [0, 0.05) is 19.5 Å². The van der Waals surface area contributed by atoms with Crippen molar-refractivity contribution in [3.63, 3.8) is 0 Å². The summed E-state index contributed by atoms with van der Waals surface area (Å²) in [5.41, 5.74) is 2.43. The molecule has 0 N–H and O–H groups in total. The van der Waals surface area contributed by atoms with Crippen molar-refractivity contribution in [2.24, 2.45) is 5.92 Å². The van der Waals surface area contributed by atoms with Crippen LogP contribution in [0.3, 0.4) is 0 Å². The maximum Gasteiger partial charge on any atom is 0.306 e. The zero-order valence-corrected chi connectivity index (χ0v) is 18.1. The molecule has 4 heteroatoms. The number of rotatable bonds is 13. The number of ether oxygens (including phenoxy) is 1. The normalized spacial score (nSPS) is 11.5. The lowest BCUT2D eigenvalue weighted by atomic mass is 10.0. The molecule has 0 bridgehead atoms. The van der Waals surface area contributed by atoms with Crippen LogP contribution in [0.15, 0.2) is 35.9 Å². The first-order valence-electron chi connectivity index (χ1n) is 10.6. The fourth-order valence-corrected chi connectivity index (χ4v) is 3.12. The number of hydrogen-bond donors (Lipinski definition) is 0. The van der Waals surface area contributed by atoms with Crippen molar-refractivity contribution in [2.75, 3.05) is 19.7 Å². The fourth-order valence-electron chi connectivity index (χ4n) is 3.12.